The number of guanidine groups is 1. The normalized spacial score (nSPS) is 19.6. The van der Waals surface area contributed by atoms with Crippen LogP contribution in [0.15, 0.2) is 11.2 Å². The zero-order valence-corrected chi connectivity index (χ0v) is 13.5. The molecular weight excluding hydrogens is 363 g/mol. The molecule has 1 fully saturated rings. The van der Waals surface area contributed by atoms with Crippen LogP contribution in [0.5, 0.6) is 0 Å². The number of aliphatic imine (C=N–C) groups is 1. The SMILES string of the molecule is Cc1ncc(CN=C(N)NCC2CCCO2)s1.I. The largest absolute Gasteiger partial charge is 0.376 e. The molecule has 7 heteroatoms. The van der Waals surface area contributed by atoms with Crippen molar-refractivity contribution < 1.29 is 4.74 Å². The smallest absolute Gasteiger partial charge is 0.189 e. The van der Waals surface area contributed by atoms with Crippen LogP contribution in [0.25, 0.3) is 0 Å². The lowest BCUT2D eigenvalue weighted by molar-refractivity contribution is 0.114. The predicted molar refractivity (Wildman–Crippen MR) is 84.6 cm³/mol. The maximum absolute atomic E-state index is 5.77. The Kier molecular flexibility index (Phi) is 6.87. The molecule has 1 aliphatic rings. The quantitative estimate of drug-likeness (QED) is 0.472. The van der Waals surface area contributed by atoms with Gasteiger partial charge in [0.15, 0.2) is 5.96 Å². The lowest BCUT2D eigenvalue weighted by Crippen LogP contribution is -2.37. The standard InChI is InChI=1S/C11H18N4OS.HI/c1-8-13-6-10(17-8)7-15-11(12)14-5-9-3-2-4-16-9;/h6,9H,2-5,7H2,1H3,(H3,12,14,15);1H. The number of aryl methyl sites for hydroxylation is 1. The Balaban J connectivity index is 0.00000162. The first-order chi connectivity index (χ1) is 8.24. The highest BCUT2D eigenvalue weighted by molar-refractivity contribution is 14.0. The number of nitrogens with two attached hydrogens (primary N) is 1. The summed E-state index contributed by atoms with van der Waals surface area (Å²) in [6.45, 7) is 4.19. The highest BCUT2D eigenvalue weighted by Gasteiger charge is 2.14. The molecule has 1 unspecified atom stereocenters. The summed E-state index contributed by atoms with van der Waals surface area (Å²) in [5.74, 6) is 0.478. The third-order valence-electron chi connectivity index (χ3n) is 2.61. The van der Waals surface area contributed by atoms with E-state index in [0.717, 1.165) is 35.9 Å². The highest BCUT2D eigenvalue weighted by Crippen LogP contribution is 2.12. The molecule has 1 aliphatic heterocycles. The first kappa shape index (κ1) is 15.6. The summed E-state index contributed by atoms with van der Waals surface area (Å²) in [6, 6.07) is 0. The molecule has 18 heavy (non-hydrogen) atoms. The summed E-state index contributed by atoms with van der Waals surface area (Å²) >= 11 is 1.65. The topological polar surface area (TPSA) is 72.5 Å². The van der Waals surface area contributed by atoms with Crippen LogP contribution in [0.2, 0.25) is 0 Å². The van der Waals surface area contributed by atoms with Crippen LogP contribution in [0.1, 0.15) is 22.7 Å². The minimum absolute atomic E-state index is 0. The number of hydrogen-bond donors (Lipinski definition) is 2. The second-order valence-corrected chi connectivity index (χ2v) is 5.38. The summed E-state index contributed by atoms with van der Waals surface area (Å²) in [6.07, 6.45) is 4.38. The Bertz CT molecular complexity index is 390. The number of nitrogens with zero attached hydrogens (tertiary/aromatic N) is 2. The van der Waals surface area contributed by atoms with Gasteiger partial charge in [-0.3, -0.25) is 0 Å². The van der Waals surface area contributed by atoms with Crippen molar-refractivity contribution in [3.05, 3.63) is 16.1 Å². The summed E-state index contributed by atoms with van der Waals surface area (Å²) in [5.41, 5.74) is 5.77. The van der Waals surface area contributed by atoms with Crippen LogP contribution in [-0.4, -0.2) is 30.2 Å². The Morgan fingerprint density at radius 3 is 3.17 bits per heavy atom. The fourth-order valence-electron chi connectivity index (χ4n) is 1.72. The van der Waals surface area contributed by atoms with E-state index in [-0.39, 0.29) is 30.1 Å². The van der Waals surface area contributed by atoms with Gasteiger partial charge < -0.3 is 15.8 Å². The number of rotatable bonds is 4. The van der Waals surface area contributed by atoms with Crippen LogP contribution in [-0.2, 0) is 11.3 Å². The van der Waals surface area contributed by atoms with E-state index in [2.05, 4.69) is 15.3 Å². The molecule has 0 spiro atoms. The van der Waals surface area contributed by atoms with Crippen LogP contribution in [0.3, 0.4) is 0 Å². The minimum atomic E-state index is 0. The first-order valence-corrected chi connectivity index (χ1v) is 6.62. The zero-order valence-electron chi connectivity index (χ0n) is 10.4. The van der Waals surface area contributed by atoms with Gasteiger partial charge in [-0.2, -0.15) is 0 Å². The molecule has 1 saturated heterocycles. The van der Waals surface area contributed by atoms with Crippen molar-refractivity contribution in [3.8, 4) is 0 Å². The maximum atomic E-state index is 5.77. The fourth-order valence-corrected chi connectivity index (χ4v) is 2.44. The van der Waals surface area contributed by atoms with Gasteiger partial charge in [0.05, 0.1) is 17.7 Å². The van der Waals surface area contributed by atoms with Crippen molar-refractivity contribution in [3.63, 3.8) is 0 Å². The van der Waals surface area contributed by atoms with Gasteiger partial charge in [0.2, 0.25) is 0 Å². The molecular formula is C11H19IN4OS. The number of ether oxygens (including phenoxy) is 1. The number of nitrogens with one attached hydrogen (secondary N) is 1. The number of aromatic nitrogens is 1. The Hall–Kier alpha value is -0.410. The molecule has 0 saturated carbocycles. The average molecular weight is 382 g/mol. The van der Waals surface area contributed by atoms with Crippen molar-refractivity contribution in [1.82, 2.24) is 10.3 Å². The van der Waals surface area contributed by atoms with E-state index in [9.17, 15) is 0 Å². The van der Waals surface area contributed by atoms with E-state index in [1.807, 2.05) is 13.1 Å². The molecule has 0 aliphatic carbocycles. The molecule has 1 atom stereocenters. The second-order valence-electron chi connectivity index (χ2n) is 4.06. The van der Waals surface area contributed by atoms with Gasteiger partial charge in [-0.25, -0.2) is 9.98 Å². The molecule has 5 nitrogen and oxygen atoms in total. The second kappa shape index (κ2) is 7.90. The lowest BCUT2D eigenvalue weighted by Gasteiger charge is -2.10. The molecule has 3 N–H and O–H groups in total. The van der Waals surface area contributed by atoms with Crippen molar-refractivity contribution in [2.24, 2.45) is 10.7 Å². The first-order valence-electron chi connectivity index (χ1n) is 5.81. The molecule has 1 aromatic heterocycles. The Labute approximate surface area is 128 Å². The number of hydrogen-bond acceptors (Lipinski definition) is 4. The van der Waals surface area contributed by atoms with Crippen molar-refractivity contribution in [2.75, 3.05) is 13.2 Å². The molecule has 102 valence electrons. The van der Waals surface area contributed by atoms with Crippen molar-refractivity contribution in [2.45, 2.75) is 32.4 Å². The predicted octanol–water partition coefficient (Wildman–Crippen LogP) is 1.65. The monoisotopic (exact) mass is 382 g/mol. The average Bonchev–Trinajstić information content (AvgIpc) is 2.95. The van der Waals surface area contributed by atoms with Gasteiger partial charge in [0, 0.05) is 24.2 Å². The van der Waals surface area contributed by atoms with Gasteiger partial charge in [-0.15, -0.1) is 35.3 Å². The third-order valence-corrected chi connectivity index (χ3v) is 3.51. The van der Waals surface area contributed by atoms with E-state index >= 15 is 0 Å². The molecule has 2 heterocycles. The maximum Gasteiger partial charge on any atom is 0.189 e. The fraction of sp³-hybridized carbons (Fsp3) is 0.636. The van der Waals surface area contributed by atoms with E-state index in [1.54, 1.807) is 11.3 Å². The third kappa shape index (κ3) is 5.07. The van der Waals surface area contributed by atoms with Gasteiger partial charge in [-0.1, -0.05) is 0 Å². The van der Waals surface area contributed by atoms with Gasteiger partial charge in [-0.05, 0) is 19.8 Å². The Morgan fingerprint density at radius 2 is 2.56 bits per heavy atom. The van der Waals surface area contributed by atoms with E-state index in [4.69, 9.17) is 10.5 Å². The lowest BCUT2D eigenvalue weighted by atomic mass is 10.2. The van der Waals surface area contributed by atoms with E-state index in [1.165, 1.54) is 0 Å². The van der Waals surface area contributed by atoms with Crippen LogP contribution >= 0.6 is 35.3 Å². The molecule has 0 aromatic carbocycles. The van der Waals surface area contributed by atoms with Gasteiger partial charge in [0.1, 0.15) is 0 Å². The summed E-state index contributed by atoms with van der Waals surface area (Å²) in [5, 5.41) is 4.15. The Morgan fingerprint density at radius 1 is 1.72 bits per heavy atom. The minimum Gasteiger partial charge on any atom is -0.376 e. The summed E-state index contributed by atoms with van der Waals surface area (Å²) in [7, 11) is 0. The molecule has 0 bridgehead atoms. The number of thiazole rings is 1. The van der Waals surface area contributed by atoms with Gasteiger partial charge in [0.25, 0.3) is 0 Å². The molecule has 0 radical (unpaired) electrons. The zero-order chi connectivity index (χ0) is 12.1. The molecule has 2 rings (SSSR count). The van der Waals surface area contributed by atoms with Crippen LogP contribution < -0.4 is 11.1 Å². The highest BCUT2D eigenvalue weighted by atomic mass is 127. The summed E-state index contributed by atoms with van der Waals surface area (Å²) in [4.78, 5) is 9.57. The number of halogens is 1. The van der Waals surface area contributed by atoms with Gasteiger partial charge >= 0.3 is 0 Å². The van der Waals surface area contributed by atoms with Crippen LogP contribution in [0.4, 0.5) is 0 Å². The summed E-state index contributed by atoms with van der Waals surface area (Å²) < 4.78 is 5.49. The van der Waals surface area contributed by atoms with E-state index < -0.39 is 0 Å². The van der Waals surface area contributed by atoms with E-state index in [0.29, 0.717) is 12.5 Å². The van der Waals surface area contributed by atoms with Crippen molar-refractivity contribution >= 4 is 41.3 Å². The van der Waals surface area contributed by atoms with Crippen LogP contribution in [0, 0.1) is 6.92 Å². The molecule has 1 aromatic rings. The molecule has 0 amide bonds. The van der Waals surface area contributed by atoms with Crippen molar-refractivity contribution in [1.29, 1.82) is 0 Å².